The highest BCUT2D eigenvalue weighted by molar-refractivity contribution is 7.10. The van der Waals surface area contributed by atoms with E-state index in [1.54, 1.807) is 11.3 Å². The Hall–Kier alpha value is -0.910. The van der Waals surface area contributed by atoms with Crippen molar-refractivity contribution in [2.45, 2.75) is 39.8 Å². The van der Waals surface area contributed by atoms with Crippen LogP contribution in [0.3, 0.4) is 0 Å². The van der Waals surface area contributed by atoms with E-state index in [2.05, 4.69) is 24.5 Å². The van der Waals surface area contributed by atoms with Crippen LogP contribution in [0.5, 0.6) is 0 Å². The number of hydrogen-bond acceptors (Lipinski definition) is 4. The van der Waals surface area contributed by atoms with Crippen LogP contribution in [-0.4, -0.2) is 23.7 Å². The molecule has 0 spiro atoms. The number of hydrogen-bond donors (Lipinski definition) is 3. The van der Waals surface area contributed by atoms with Crippen molar-refractivity contribution in [3.8, 4) is 0 Å². The Morgan fingerprint density at radius 2 is 2.22 bits per heavy atom. The van der Waals surface area contributed by atoms with Crippen molar-refractivity contribution in [2.75, 3.05) is 11.9 Å². The largest absolute Gasteiger partial charge is 0.392 e. The van der Waals surface area contributed by atoms with E-state index in [0.717, 1.165) is 17.0 Å². The zero-order chi connectivity index (χ0) is 13.5. The van der Waals surface area contributed by atoms with E-state index >= 15 is 0 Å². The van der Waals surface area contributed by atoms with Gasteiger partial charge in [0.15, 0.2) is 0 Å². The molecule has 0 bridgehead atoms. The average Bonchev–Trinajstić information content (AvgIpc) is 2.63. The van der Waals surface area contributed by atoms with Crippen molar-refractivity contribution in [3.05, 3.63) is 16.3 Å². The van der Waals surface area contributed by atoms with Crippen LogP contribution < -0.4 is 10.6 Å². The normalized spacial score (nSPS) is 12.7. The van der Waals surface area contributed by atoms with Crippen molar-refractivity contribution in [1.29, 1.82) is 0 Å². The topological polar surface area (TPSA) is 61.4 Å². The Labute approximate surface area is 112 Å². The third-order valence-corrected chi connectivity index (χ3v) is 3.39. The fourth-order valence-electron chi connectivity index (χ4n) is 1.76. The van der Waals surface area contributed by atoms with Crippen LogP contribution in [0.25, 0.3) is 0 Å². The monoisotopic (exact) mass is 270 g/mol. The van der Waals surface area contributed by atoms with Gasteiger partial charge in [-0.25, -0.2) is 0 Å². The third kappa shape index (κ3) is 5.62. The van der Waals surface area contributed by atoms with Crippen molar-refractivity contribution in [1.82, 2.24) is 5.32 Å². The molecule has 0 radical (unpaired) electrons. The summed E-state index contributed by atoms with van der Waals surface area (Å²) in [5, 5.41) is 17.7. The van der Waals surface area contributed by atoms with Crippen LogP contribution in [0.2, 0.25) is 0 Å². The SMILES string of the molecule is CC(=O)Nc1ccsc1CNCC(O)CC(C)C. The Morgan fingerprint density at radius 3 is 2.83 bits per heavy atom. The van der Waals surface area contributed by atoms with Gasteiger partial charge in [-0.3, -0.25) is 4.79 Å². The van der Waals surface area contributed by atoms with Gasteiger partial charge < -0.3 is 15.7 Å². The lowest BCUT2D eigenvalue weighted by atomic mass is 10.1. The Kier molecular flexibility index (Phi) is 6.32. The zero-order valence-electron chi connectivity index (χ0n) is 11.2. The van der Waals surface area contributed by atoms with E-state index in [0.29, 0.717) is 19.0 Å². The molecule has 1 aromatic heterocycles. The molecule has 0 aliphatic rings. The second-order valence-corrected chi connectivity index (χ2v) is 5.85. The maximum Gasteiger partial charge on any atom is 0.221 e. The first-order valence-corrected chi connectivity index (χ1v) is 7.09. The summed E-state index contributed by atoms with van der Waals surface area (Å²) >= 11 is 1.60. The number of carbonyl (C=O) groups is 1. The first-order chi connectivity index (χ1) is 8.49. The number of amides is 1. The number of carbonyl (C=O) groups excluding carboxylic acids is 1. The smallest absolute Gasteiger partial charge is 0.221 e. The minimum Gasteiger partial charge on any atom is -0.392 e. The molecule has 0 aliphatic carbocycles. The fraction of sp³-hybridized carbons (Fsp3) is 0.615. The van der Waals surface area contributed by atoms with Gasteiger partial charge in [0.1, 0.15) is 0 Å². The van der Waals surface area contributed by atoms with Crippen LogP contribution in [0.4, 0.5) is 5.69 Å². The van der Waals surface area contributed by atoms with Gasteiger partial charge in [-0.1, -0.05) is 13.8 Å². The number of rotatable bonds is 7. The van der Waals surface area contributed by atoms with Gasteiger partial charge in [0.2, 0.25) is 5.91 Å². The molecule has 1 atom stereocenters. The lowest BCUT2D eigenvalue weighted by Crippen LogP contribution is -2.27. The third-order valence-electron chi connectivity index (χ3n) is 2.47. The molecule has 102 valence electrons. The van der Waals surface area contributed by atoms with Crippen molar-refractivity contribution in [3.63, 3.8) is 0 Å². The number of aliphatic hydroxyl groups is 1. The quantitative estimate of drug-likeness (QED) is 0.712. The molecule has 1 heterocycles. The van der Waals surface area contributed by atoms with E-state index < -0.39 is 0 Å². The van der Waals surface area contributed by atoms with E-state index in [1.165, 1.54) is 6.92 Å². The van der Waals surface area contributed by atoms with Crippen LogP contribution in [0.1, 0.15) is 32.1 Å². The average molecular weight is 270 g/mol. The minimum absolute atomic E-state index is 0.0607. The van der Waals surface area contributed by atoms with E-state index in [1.807, 2.05) is 11.4 Å². The molecule has 0 aromatic carbocycles. The van der Waals surface area contributed by atoms with Gasteiger partial charge in [0, 0.05) is 24.9 Å². The van der Waals surface area contributed by atoms with Crippen LogP contribution in [0.15, 0.2) is 11.4 Å². The second kappa shape index (κ2) is 7.51. The van der Waals surface area contributed by atoms with Crippen molar-refractivity contribution in [2.24, 2.45) is 5.92 Å². The summed E-state index contributed by atoms with van der Waals surface area (Å²) in [6, 6.07) is 1.90. The Morgan fingerprint density at radius 1 is 1.50 bits per heavy atom. The highest BCUT2D eigenvalue weighted by atomic mass is 32.1. The minimum atomic E-state index is -0.311. The molecular weight excluding hydrogens is 248 g/mol. The van der Waals surface area contributed by atoms with Crippen LogP contribution >= 0.6 is 11.3 Å². The predicted octanol–water partition coefficient (Wildman–Crippen LogP) is 2.20. The van der Waals surface area contributed by atoms with Crippen molar-refractivity contribution < 1.29 is 9.90 Å². The van der Waals surface area contributed by atoms with Gasteiger partial charge in [-0.05, 0) is 23.8 Å². The van der Waals surface area contributed by atoms with Gasteiger partial charge in [0.05, 0.1) is 11.8 Å². The maximum absolute atomic E-state index is 11.0. The fourth-order valence-corrected chi connectivity index (χ4v) is 2.56. The molecule has 0 saturated carbocycles. The first kappa shape index (κ1) is 15.1. The van der Waals surface area contributed by atoms with E-state index in [9.17, 15) is 9.90 Å². The molecule has 1 unspecified atom stereocenters. The lowest BCUT2D eigenvalue weighted by molar-refractivity contribution is -0.114. The summed E-state index contributed by atoms with van der Waals surface area (Å²) in [6.45, 7) is 6.94. The summed E-state index contributed by atoms with van der Waals surface area (Å²) in [5.41, 5.74) is 0.860. The molecule has 18 heavy (non-hydrogen) atoms. The first-order valence-electron chi connectivity index (χ1n) is 6.21. The second-order valence-electron chi connectivity index (χ2n) is 4.85. The molecule has 0 fully saturated rings. The summed E-state index contributed by atoms with van der Waals surface area (Å²) < 4.78 is 0. The Balaban J connectivity index is 2.35. The van der Waals surface area contributed by atoms with Crippen LogP contribution in [0, 0.1) is 5.92 Å². The van der Waals surface area contributed by atoms with Gasteiger partial charge in [-0.2, -0.15) is 0 Å². The highest BCUT2D eigenvalue weighted by Crippen LogP contribution is 2.21. The van der Waals surface area contributed by atoms with Crippen molar-refractivity contribution >= 4 is 22.9 Å². The Bertz CT molecular complexity index is 377. The van der Waals surface area contributed by atoms with Gasteiger partial charge in [0.25, 0.3) is 0 Å². The summed E-state index contributed by atoms with van der Waals surface area (Å²) in [6.07, 6.45) is 0.491. The molecule has 0 aliphatic heterocycles. The molecule has 1 rings (SSSR count). The summed E-state index contributed by atoms with van der Waals surface area (Å²) in [7, 11) is 0. The zero-order valence-corrected chi connectivity index (χ0v) is 12.0. The summed E-state index contributed by atoms with van der Waals surface area (Å²) in [5.74, 6) is 0.438. The molecule has 1 aromatic rings. The van der Waals surface area contributed by atoms with E-state index in [-0.39, 0.29) is 12.0 Å². The molecule has 1 amide bonds. The predicted molar refractivity (Wildman–Crippen MR) is 75.8 cm³/mol. The number of anilines is 1. The summed E-state index contributed by atoms with van der Waals surface area (Å²) in [4.78, 5) is 12.1. The standard InChI is InChI=1S/C13H22N2O2S/c1-9(2)6-11(17)7-14-8-13-12(4-5-18-13)15-10(3)16/h4-5,9,11,14,17H,6-8H2,1-3H3,(H,15,16). The molecule has 5 heteroatoms. The molecule has 3 N–H and O–H groups in total. The van der Waals surface area contributed by atoms with E-state index in [4.69, 9.17) is 0 Å². The molecular formula is C13H22N2O2S. The van der Waals surface area contributed by atoms with Gasteiger partial charge in [-0.15, -0.1) is 11.3 Å². The molecule has 4 nitrogen and oxygen atoms in total. The lowest BCUT2D eigenvalue weighted by Gasteiger charge is -2.14. The number of aliphatic hydroxyl groups excluding tert-OH is 1. The van der Waals surface area contributed by atoms with Crippen LogP contribution in [-0.2, 0) is 11.3 Å². The highest BCUT2D eigenvalue weighted by Gasteiger charge is 2.08. The maximum atomic E-state index is 11.0. The molecule has 0 saturated heterocycles. The number of nitrogens with one attached hydrogen (secondary N) is 2. The van der Waals surface area contributed by atoms with Gasteiger partial charge >= 0.3 is 0 Å². The number of thiophene rings is 1.